The average molecular weight is 619 g/mol. The van der Waals surface area contributed by atoms with Gasteiger partial charge < -0.3 is 25.2 Å². The van der Waals surface area contributed by atoms with Crippen molar-refractivity contribution in [1.29, 1.82) is 0 Å². The Labute approximate surface area is 248 Å². The molecule has 0 fully saturated rings. The van der Waals surface area contributed by atoms with Crippen molar-refractivity contribution >= 4 is 50.9 Å². The van der Waals surface area contributed by atoms with Crippen LogP contribution in [0.5, 0.6) is 0 Å². The number of halogens is 4. The number of methoxy groups -OCH3 is 1. The summed E-state index contributed by atoms with van der Waals surface area (Å²) in [6, 6.07) is 11.6. The van der Waals surface area contributed by atoms with E-state index in [-0.39, 0.29) is 18.4 Å². The summed E-state index contributed by atoms with van der Waals surface area (Å²) in [5, 5.41) is 33.2. The maximum absolute atomic E-state index is 15.2. The molecule has 0 unspecified atom stereocenters. The highest BCUT2D eigenvalue weighted by atomic mass is 19.4. The summed E-state index contributed by atoms with van der Waals surface area (Å²) in [4.78, 5) is 19.5. The second-order valence-electron chi connectivity index (χ2n) is 9.52. The first-order valence-electron chi connectivity index (χ1n) is 13.4. The summed E-state index contributed by atoms with van der Waals surface area (Å²) in [5.41, 5.74) is 4.24. The quantitative estimate of drug-likeness (QED) is 0.116. The van der Waals surface area contributed by atoms with Gasteiger partial charge in [-0.15, -0.1) is 0 Å². The number of aliphatic hydroxyl groups excluding tert-OH is 1. The van der Waals surface area contributed by atoms with Crippen molar-refractivity contribution in [3.63, 3.8) is 0 Å². The van der Waals surface area contributed by atoms with E-state index in [0.29, 0.717) is 32.5 Å². The molecule has 0 aliphatic carbocycles. The fourth-order valence-corrected chi connectivity index (χ4v) is 4.44. The Bertz CT molecular complexity index is 1720. The number of hydrogen-bond donors (Lipinski definition) is 4. The first-order valence-corrected chi connectivity index (χ1v) is 13.4. The van der Waals surface area contributed by atoms with Gasteiger partial charge in [0.2, 0.25) is 5.95 Å². The van der Waals surface area contributed by atoms with Crippen LogP contribution in [0.4, 0.5) is 40.7 Å². The third-order valence-corrected chi connectivity index (χ3v) is 6.43. The Morgan fingerprint density at radius 1 is 1.16 bits per heavy atom. The van der Waals surface area contributed by atoms with Crippen molar-refractivity contribution in [2.24, 2.45) is 0 Å². The van der Waals surface area contributed by atoms with Crippen molar-refractivity contribution < 1.29 is 37.3 Å². The van der Waals surface area contributed by atoms with Crippen LogP contribution in [0.25, 0.3) is 21.8 Å². The van der Waals surface area contributed by atoms with Gasteiger partial charge in [0.25, 0.3) is 0 Å². The van der Waals surface area contributed by atoms with Crippen molar-refractivity contribution in [3.8, 4) is 0 Å². The zero-order valence-electron chi connectivity index (χ0n) is 23.8. The zero-order valence-corrected chi connectivity index (χ0v) is 23.8. The number of hydrogen-bond acceptors (Lipinski definition) is 9. The monoisotopic (exact) mass is 618 g/mol. The topological polar surface area (TPSA) is 154 Å². The number of nitrogens with zero attached hydrogens (tertiary/aromatic N) is 6. The number of carboxylic acids is 1. The normalized spacial score (nSPS) is 11.4. The molecule has 3 aromatic heterocycles. The van der Waals surface area contributed by atoms with Crippen LogP contribution in [0.2, 0.25) is 0 Å². The number of carbonyl (C=O) groups is 1. The number of aliphatic carboxylic acids is 1. The molecule has 0 spiro atoms. The number of fused-ring (bicyclic) bond motifs is 2. The molecule has 234 valence electrons. The number of aryl methyl sites for hydroxylation is 2. The van der Waals surface area contributed by atoms with Gasteiger partial charge in [-0.2, -0.15) is 28.4 Å². The second-order valence-corrected chi connectivity index (χ2v) is 9.52. The largest absolute Gasteiger partial charge is 0.490 e. The van der Waals surface area contributed by atoms with Gasteiger partial charge in [0.05, 0.1) is 34.8 Å². The van der Waals surface area contributed by atoms with Crippen LogP contribution < -0.4 is 10.2 Å². The van der Waals surface area contributed by atoms with Crippen LogP contribution in [-0.2, 0) is 16.1 Å². The Kier molecular flexibility index (Phi) is 10.3. The van der Waals surface area contributed by atoms with E-state index in [1.807, 2.05) is 52.9 Å². The van der Waals surface area contributed by atoms with Crippen molar-refractivity contribution in [3.05, 3.63) is 60.3 Å². The molecular formula is C28H30F4N8O4. The summed E-state index contributed by atoms with van der Waals surface area (Å²) in [6.45, 7) is 3.67. The highest BCUT2D eigenvalue weighted by molar-refractivity contribution is 5.93. The van der Waals surface area contributed by atoms with E-state index in [9.17, 15) is 18.3 Å². The molecule has 44 heavy (non-hydrogen) atoms. The minimum Gasteiger partial charge on any atom is -0.475 e. The number of aromatic nitrogens is 6. The molecule has 16 heteroatoms. The van der Waals surface area contributed by atoms with Gasteiger partial charge in [-0.05, 0) is 50.1 Å². The summed E-state index contributed by atoms with van der Waals surface area (Å²) in [5.74, 6) is -2.86. The van der Waals surface area contributed by atoms with E-state index in [0.717, 1.165) is 38.9 Å². The minimum absolute atomic E-state index is 0.0952. The molecule has 0 aliphatic heterocycles. The molecule has 0 atom stereocenters. The highest BCUT2D eigenvalue weighted by Crippen LogP contribution is 2.33. The van der Waals surface area contributed by atoms with Gasteiger partial charge in [-0.3, -0.25) is 9.78 Å². The molecule has 12 nitrogen and oxygen atoms in total. The lowest BCUT2D eigenvalue weighted by Crippen LogP contribution is -2.23. The lowest BCUT2D eigenvalue weighted by molar-refractivity contribution is -0.192. The highest BCUT2D eigenvalue weighted by Gasteiger charge is 2.38. The number of aliphatic hydroxyl groups is 1. The van der Waals surface area contributed by atoms with E-state index >= 15 is 4.39 Å². The number of rotatable bonds is 11. The van der Waals surface area contributed by atoms with E-state index in [1.54, 1.807) is 13.3 Å². The number of H-pyrrole nitrogens is 1. The number of anilines is 4. The van der Waals surface area contributed by atoms with Crippen molar-refractivity contribution in [1.82, 2.24) is 29.9 Å². The van der Waals surface area contributed by atoms with Crippen LogP contribution in [0.3, 0.4) is 0 Å². The predicted octanol–water partition coefficient (Wildman–Crippen LogP) is 5.08. The average Bonchev–Trinajstić information content (AvgIpc) is 3.59. The van der Waals surface area contributed by atoms with Gasteiger partial charge >= 0.3 is 12.1 Å². The minimum atomic E-state index is -5.08. The molecule has 0 saturated heterocycles. The maximum atomic E-state index is 15.2. The van der Waals surface area contributed by atoms with Crippen LogP contribution in [0, 0.1) is 12.7 Å². The smallest absolute Gasteiger partial charge is 0.475 e. The lowest BCUT2D eigenvalue weighted by atomic mass is 10.2. The van der Waals surface area contributed by atoms with Crippen molar-refractivity contribution in [2.75, 3.05) is 37.1 Å². The molecule has 5 aromatic rings. The lowest BCUT2D eigenvalue weighted by Gasteiger charge is -2.25. The number of ether oxygens (including phenoxy) is 1. The number of nitrogens with one attached hydrogen (secondary N) is 2. The van der Waals surface area contributed by atoms with Crippen molar-refractivity contribution in [2.45, 2.75) is 32.5 Å². The van der Waals surface area contributed by atoms with Crippen LogP contribution >= 0.6 is 0 Å². The standard InChI is InChI=1S/C26H29FN8O2.C2HF3O2/c1-17-19-9-8-18(14-24(19)35(33-17)11-4-12-36)30-26-28-16-21(27)25(31-26)34(10-5-13-37-2)23-7-3-6-22-20(23)15-29-32-22;3-2(4,5)1(6)7/h3,6-9,14-16,36H,4-5,10-13H2,1-2H3,(H,29,32)(H,28,30,31);(H,6,7). The number of aromatic amines is 1. The molecule has 0 amide bonds. The molecular weight excluding hydrogens is 588 g/mol. The Balaban J connectivity index is 0.000000566. The molecule has 3 heterocycles. The summed E-state index contributed by atoms with van der Waals surface area (Å²) in [7, 11) is 1.64. The van der Waals surface area contributed by atoms with Gasteiger partial charge in [-0.1, -0.05) is 6.07 Å². The summed E-state index contributed by atoms with van der Waals surface area (Å²) in [6.07, 6.45) is -0.896. The van der Waals surface area contributed by atoms with Crippen LogP contribution in [0.15, 0.2) is 48.8 Å². The Morgan fingerprint density at radius 2 is 1.93 bits per heavy atom. The number of carboxylic acid groups (broad SMARTS) is 1. The zero-order chi connectivity index (χ0) is 31.9. The Hall–Kier alpha value is -4.83. The van der Waals surface area contributed by atoms with Gasteiger partial charge in [0.15, 0.2) is 11.6 Å². The second kappa shape index (κ2) is 14.1. The van der Waals surface area contributed by atoms with E-state index in [4.69, 9.17) is 14.6 Å². The van der Waals surface area contributed by atoms with E-state index in [1.165, 1.54) is 6.20 Å². The summed E-state index contributed by atoms with van der Waals surface area (Å²) >= 11 is 0. The first-order chi connectivity index (χ1) is 21.0. The van der Waals surface area contributed by atoms with Crippen LogP contribution in [0.1, 0.15) is 18.5 Å². The fraction of sp³-hybridized carbons (Fsp3) is 0.321. The molecule has 2 aromatic carbocycles. The van der Waals surface area contributed by atoms with Crippen LogP contribution in [-0.4, -0.2) is 79.2 Å². The molecule has 0 saturated carbocycles. The van der Waals surface area contributed by atoms with E-state index in [2.05, 4.69) is 30.6 Å². The number of alkyl halides is 3. The SMILES string of the molecule is COCCCN(c1nc(Nc2ccc3c(C)nn(CCCO)c3c2)ncc1F)c1cccc2[nH]ncc12.O=C(O)C(F)(F)F. The molecule has 4 N–H and O–H groups in total. The van der Waals surface area contributed by atoms with E-state index < -0.39 is 18.0 Å². The first kappa shape index (κ1) is 32.1. The summed E-state index contributed by atoms with van der Waals surface area (Å²) < 4.78 is 54.0. The Morgan fingerprint density at radius 3 is 2.64 bits per heavy atom. The molecule has 0 aliphatic rings. The van der Waals surface area contributed by atoms with Gasteiger partial charge in [-0.25, -0.2) is 14.2 Å². The van der Waals surface area contributed by atoms with Gasteiger partial charge in [0.1, 0.15) is 0 Å². The van der Waals surface area contributed by atoms with Gasteiger partial charge in [0, 0.05) is 49.9 Å². The predicted molar refractivity (Wildman–Crippen MR) is 155 cm³/mol. The molecule has 0 bridgehead atoms. The third kappa shape index (κ3) is 7.57. The molecule has 5 rings (SSSR count). The maximum Gasteiger partial charge on any atom is 0.490 e. The third-order valence-electron chi connectivity index (χ3n) is 6.43. The molecule has 0 radical (unpaired) electrons. The fourth-order valence-electron chi connectivity index (χ4n) is 4.44. The number of benzene rings is 2.